The van der Waals surface area contributed by atoms with E-state index >= 15 is 0 Å². The predicted octanol–water partition coefficient (Wildman–Crippen LogP) is 3.50. The van der Waals surface area contributed by atoms with Gasteiger partial charge in [0.05, 0.1) is 12.2 Å². The lowest BCUT2D eigenvalue weighted by Crippen LogP contribution is -2.33. The van der Waals surface area contributed by atoms with Crippen molar-refractivity contribution < 1.29 is 4.52 Å². The van der Waals surface area contributed by atoms with Crippen LogP contribution in [-0.2, 0) is 19.5 Å². The Bertz CT molecular complexity index is 696. The van der Waals surface area contributed by atoms with Crippen LogP contribution < -0.4 is 0 Å². The van der Waals surface area contributed by atoms with Gasteiger partial charge in [-0.15, -0.1) is 10.2 Å². The third kappa shape index (κ3) is 3.64. The molecule has 0 N–H and O–H groups in total. The molecular formula is C19H29N5O. The number of aromatic nitrogens is 4. The minimum atomic E-state index is 0.423. The highest BCUT2D eigenvalue weighted by molar-refractivity contribution is 5.09. The zero-order valence-electron chi connectivity index (χ0n) is 15.4. The van der Waals surface area contributed by atoms with Crippen LogP contribution in [0.15, 0.2) is 10.6 Å². The predicted molar refractivity (Wildman–Crippen MR) is 95.4 cm³/mol. The molecule has 4 heterocycles. The molecule has 1 fully saturated rings. The average Bonchev–Trinajstić information content (AvgIpc) is 3.17. The Kier molecular flexibility index (Phi) is 4.88. The maximum Gasteiger partial charge on any atom is 0.150 e. The van der Waals surface area contributed by atoms with Crippen LogP contribution in [0.1, 0.15) is 80.9 Å². The summed E-state index contributed by atoms with van der Waals surface area (Å²) in [7, 11) is 0. The molecule has 25 heavy (non-hydrogen) atoms. The minimum absolute atomic E-state index is 0.423. The molecular weight excluding hydrogens is 314 g/mol. The summed E-state index contributed by atoms with van der Waals surface area (Å²) in [6, 6.07) is 2.11. The lowest BCUT2D eigenvalue weighted by atomic mass is 9.95. The summed E-state index contributed by atoms with van der Waals surface area (Å²) in [5.41, 5.74) is 1.05. The fourth-order valence-electron chi connectivity index (χ4n) is 4.05. The Balaban J connectivity index is 1.36. The second-order valence-corrected chi connectivity index (χ2v) is 7.86. The van der Waals surface area contributed by atoms with Crippen LogP contribution in [-0.4, -0.2) is 37.9 Å². The zero-order valence-corrected chi connectivity index (χ0v) is 15.4. The van der Waals surface area contributed by atoms with E-state index in [0.717, 1.165) is 56.9 Å². The van der Waals surface area contributed by atoms with Gasteiger partial charge in [0.15, 0.2) is 5.76 Å². The van der Waals surface area contributed by atoms with Gasteiger partial charge in [0.2, 0.25) is 0 Å². The highest BCUT2D eigenvalue weighted by Gasteiger charge is 2.27. The van der Waals surface area contributed by atoms with Crippen molar-refractivity contribution in [3.8, 4) is 0 Å². The molecule has 0 bridgehead atoms. The number of piperidine rings is 1. The van der Waals surface area contributed by atoms with Gasteiger partial charge in [-0.05, 0) is 44.7 Å². The van der Waals surface area contributed by atoms with Crippen molar-refractivity contribution >= 4 is 0 Å². The van der Waals surface area contributed by atoms with E-state index in [-0.39, 0.29) is 0 Å². The number of fused-ring (bicyclic) bond motifs is 1. The number of nitrogens with zero attached hydrogens (tertiary/aromatic N) is 5. The Hall–Kier alpha value is -1.69. The van der Waals surface area contributed by atoms with Crippen LogP contribution in [0, 0.1) is 0 Å². The zero-order chi connectivity index (χ0) is 17.2. The fourth-order valence-corrected chi connectivity index (χ4v) is 4.05. The van der Waals surface area contributed by atoms with E-state index in [9.17, 15) is 0 Å². The molecule has 2 aliphatic rings. The first-order valence-electron chi connectivity index (χ1n) is 9.80. The molecule has 136 valence electrons. The largest absolute Gasteiger partial charge is 0.360 e. The molecule has 2 aliphatic heterocycles. The highest BCUT2D eigenvalue weighted by atomic mass is 16.5. The monoisotopic (exact) mass is 343 g/mol. The summed E-state index contributed by atoms with van der Waals surface area (Å²) in [5, 5.41) is 13.2. The van der Waals surface area contributed by atoms with E-state index in [0.29, 0.717) is 11.8 Å². The lowest BCUT2D eigenvalue weighted by molar-refractivity contribution is 0.180. The molecule has 2 aromatic heterocycles. The van der Waals surface area contributed by atoms with Crippen molar-refractivity contribution in [3.05, 3.63) is 29.2 Å². The SMILES string of the molecule is CC(C)c1cc(CN2CCC(c3nnc4n3CCCCC4)CC2)on1. The maximum atomic E-state index is 5.50. The summed E-state index contributed by atoms with van der Waals surface area (Å²) < 4.78 is 7.91. The van der Waals surface area contributed by atoms with Crippen molar-refractivity contribution in [1.29, 1.82) is 0 Å². The fraction of sp³-hybridized carbons (Fsp3) is 0.737. The van der Waals surface area contributed by atoms with Gasteiger partial charge in [0.1, 0.15) is 11.6 Å². The summed E-state index contributed by atoms with van der Waals surface area (Å²) in [6.07, 6.45) is 7.24. The molecule has 0 aliphatic carbocycles. The molecule has 0 saturated carbocycles. The Morgan fingerprint density at radius 2 is 1.96 bits per heavy atom. The van der Waals surface area contributed by atoms with Crippen LogP contribution in [0.2, 0.25) is 0 Å². The summed E-state index contributed by atoms with van der Waals surface area (Å²) in [6.45, 7) is 8.44. The highest BCUT2D eigenvalue weighted by Crippen LogP contribution is 2.29. The van der Waals surface area contributed by atoms with E-state index in [4.69, 9.17) is 4.52 Å². The van der Waals surface area contributed by atoms with Crippen molar-refractivity contribution in [2.45, 2.75) is 77.3 Å². The number of likely N-dealkylation sites (tertiary alicyclic amines) is 1. The number of hydrogen-bond acceptors (Lipinski definition) is 5. The van der Waals surface area contributed by atoms with Gasteiger partial charge >= 0.3 is 0 Å². The van der Waals surface area contributed by atoms with Gasteiger partial charge in [-0.3, -0.25) is 4.90 Å². The number of aryl methyl sites for hydroxylation is 1. The normalized spacial score (nSPS) is 20.0. The number of rotatable bonds is 4. The summed E-state index contributed by atoms with van der Waals surface area (Å²) >= 11 is 0. The first-order chi connectivity index (χ1) is 12.2. The van der Waals surface area contributed by atoms with Crippen LogP contribution >= 0.6 is 0 Å². The van der Waals surface area contributed by atoms with Gasteiger partial charge in [0.25, 0.3) is 0 Å². The van der Waals surface area contributed by atoms with Crippen LogP contribution in [0.25, 0.3) is 0 Å². The molecule has 0 unspecified atom stereocenters. The quantitative estimate of drug-likeness (QED) is 0.850. The van der Waals surface area contributed by atoms with Crippen molar-refractivity contribution in [1.82, 2.24) is 24.8 Å². The van der Waals surface area contributed by atoms with Gasteiger partial charge in [-0.25, -0.2) is 0 Å². The smallest absolute Gasteiger partial charge is 0.150 e. The molecule has 0 spiro atoms. The van der Waals surface area contributed by atoms with E-state index in [1.54, 1.807) is 0 Å². The third-order valence-corrected chi connectivity index (χ3v) is 5.64. The molecule has 1 saturated heterocycles. The second kappa shape index (κ2) is 7.28. The standard InChI is InChI=1S/C19H29N5O/c1-14(2)17-12-16(25-22-17)13-23-10-7-15(8-11-23)19-21-20-18-6-4-3-5-9-24(18)19/h12,14-15H,3-11,13H2,1-2H3. The van der Waals surface area contributed by atoms with Gasteiger partial charge in [0, 0.05) is 24.9 Å². The first-order valence-corrected chi connectivity index (χ1v) is 9.80. The van der Waals surface area contributed by atoms with Gasteiger partial charge in [-0.2, -0.15) is 0 Å². The summed E-state index contributed by atoms with van der Waals surface area (Å²) in [4.78, 5) is 2.47. The molecule has 6 heteroatoms. The molecule has 4 rings (SSSR count). The Morgan fingerprint density at radius 1 is 1.12 bits per heavy atom. The molecule has 0 radical (unpaired) electrons. The number of hydrogen-bond donors (Lipinski definition) is 0. The minimum Gasteiger partial charge on any atom is -0.360 e. The van der Waals surface area contributed by atoms with Gasteiger partial charge in [-0.1, -0.05) is 25.4 Å². The topological polar surface area (TPSA) is 60.0 Å². The van der Waals surface area contributed by atoms with Crippen molar-refractivity contribution in [2.24, 2.45) is 0 Å². The maximum absolute atomic E-state index is 5.50. The lowest BCUT2D eigenvalue weighted by Gasteiger charge is -2.30. The van der Waals surface area contributed by atoms with E-state index < -0.39 is 0 Å². The molecule has 2 aromatic rings. The van der Waals surface area contributed by atoms with Crippen LogP contribution in [0.5, 0.6) is 0 Å². The average molecular weight is 343 g/mol. The third-order valence-electron chi connectivity index (χ3n) is 5.64. The van der Waals surface area contributed by atoms with E-state index in [1.165, 1.54) is 30.9 Å². The van der Waals surface area contributed by atoms with Crippen molar-refractivity contribution in [3.63, 3.8) is 0 Å². The van der Waals surface area contributed by atoms with Crippen LogP contribution in [0.3, 0.4) is 0 Å². The first kappa shape index (κ1) is 16.8. The second-order valence-electron chi connectivity index (χ2n) is 7.86. The Labute approximate surface area is 149 Å². The molecule has 0 amide bonds. The molecule has 6 nitrogen and oxygen atoms in total. The molecule has 0 aromatic carbocycles. The van der Waals surface area contributed by atoms with Crippen molar-refractivity contribution in [2.75, 3.05) is 13.1 Å². The van der Waals surface area contributed by atoms with Crippen LogP contribution in [0.4, 0.5) is 0 Å². The van der Waals surface area contributed by atoms with Gasteiger partial charge < -0.3 is 9.09 Å². The Morgan fingerprint density at radius 3 is 2.72 bits per heavy atom. The molecule has 0 atom stereocenters. The summed E-state index contributed by atoms with van der Waals surface area (Å²) in [5.74, 6) is 4.40. The van der Waals surface area contributed by atoms with E-state index in [1.807, 2.05) is 0 Å². The van der Waals surface area contributed by atoms with E-state index in [2.05, 4.69) is 44.7 Å².